The number of benzene rings is 1. The van der Waals surface area contributed by atoms with E-state index >= 15 is 0 Å². The van der Waals surface area contributed by atoms with Crippen LogP contribution in [0.1, 0.15) is 49.1 Å². The second-order valence-corrected chi connectivity index (χ2v) is 7.68. The van der Waals surface area contributed by atoms with E-state index in [9.17, 15) is 22.0 Å². The van der Waals surface area contributed by atoms with Crippen LogP contribution in [0.15, 0.2) is 12.1 Å². The number of nitrogens with two attached hydrogens (primary N) is 1. The average molecular weight is 331 g/mol. The van der Waals surface area contributed by atoms with Gasteiger partial charge in [0.05, 0.1) is 5.56 Å². The molecule has 0 amide bonds. The number of halogens is 5. The number of alkyl halides is 3. The molecule has 23 heavy (non-hydrogen) atoms. The number of hydrogen-bond donors (Lipinski definition) is 1. The van der Waals surface area contributed by atoms with Crippen LogP contribution < -0.4 is 5.73 Å². The Hall–Kier alpha value is -1.17. The second-order valence-electron chi connectivity index (χ2n) is 7.68. The quantitative estimate of drug-likeness (QED) is 0.748. The summed E-state index contributed by atoms with van der Waals surface area (Å²) in [5.74, 6) is -3.04. The Morgan fingerprint density at radius 2 is 1.61 bits per heavy atom. The molecule has 0 heterocycles. The third-order valence-corrected chi connectivity index (χ3v) is 6.09. The molecule has 0 radical (unpaired) electrons. The molecule has 4 fully saturated rings. The molecule has 1 aromatic carbocycles. The van der Waals surface area contributed by atoms with Crippen molar-refractivity contribution in [3.63, 3.8) is 0 Å². The summed E-state index contributed by atoms with van der Waals surface area (Å²) < 4.78 is 67.4. The van der Waals surface area contributed by atoms with Crippen LogP contribution in [0.3, 0.4) is 0 Å². The molecule has 126 valence electrons. The first-order valence-electron chi connectivity index (χ1n) is 8.02. The van der Waals surface area contributed by atoms with Crippen LogP contribution in [0.25, 0.3) is 0 Å². The maximum atomic E-state index is 13.9. The van der Waals surface area contributed by atoms with Gasteiger partial charge in [0, 0.05) is 5.54 Å². The molecular weight excluding hydrogens is 313 g/mol. The lowest BCUT2D eigenvalue weighted by Gasteiger charge is -2.59. The molecular formula is C17H18F5N. The van der Waals surface area contributed by atoms with Gasteiger partial charge in [-0.15, -0.1) is 0 Å². The molecule has 1 aromatic rings. The van der Waals surface area contributed by atoms with Crippen LogP contribution in [0.5, 0.6) is 0 Å². The monoisotopic (exact) mass is 331 g/mol. The van der Waals surface area contributed by atoms with Gasteiger partial charge in [-0.25, -0.2) is 8.78 Å². The highest BCUT2D eigenvalue weighted by molar-refractivity contribution is 5.37. The van der Waals surface area contributed by atoms with Gasteiger partial charge in [0.2, 0.25) is 0 Å². The molecule has 2 unspecified atom stereocenters. The van der Waals surface area contributed by atoms with E-state index in [2.05, 4.69) is 0 Å². The normalized spacial score (nSPS) is 39.0. The minimum atomic E-state index is -4.89. The summed E-state index contributed by atoms with van der Waals surface area (Å²) in [6.07, 6.45) is -0.901. The molecule has 0 spiro atoms. The minimum absolute atomic E-state index is 0.0391. The Bertz CT molecular complexity index is 637. The zero-order chi connectivity index (χ0) is 16.6. The van der Waals surface area contributed by atoms with Crippen molar-refractivity contribution in [2.45, 2.75) is 49.7 Å². The van der Waals surface area contributed by atoms with E-state index in [0.717, 1.165) is 31.4 Å². The van der Waals surface area contributed by atoms with E-state index in [1.54, 1.807) is 0 Å². The van der Waals surface area contributed by atoms with Crippen molar-refractivity contribution >= 4 is 0 Å². The highest BCUT2D eigenvalue weighted by atomic mass is 19.4. The molecule has 0 aliphatic heterocycles. The molecule has 5 rings (SSSR count). The fourth-order valence-electron chi connectivity index (χ4n) is 5.73. The van der Waals surface area contributed by atoms with Gasteiger partial charge in [-0.2, -0.15) is 13.2 Å². The van der Waals surface area contributed by atoms with Crippen molar-refractivity contribution in [1.82, 2.24) is 0 Å². The highest BCUT2D eigenvalue weighted by Crippen LogP contribution is 2.61. The van der Waals surface area contributed by atoms with Crippen molar-refractivity contribution < 1.29 is 22.0 Å². The Labute approximate surface area is 131 Å². The first kappa shape index (κ1) is 15.4. The van der Waals surface area contributed by atoms with Crippen molar-refractivity contribution in [1.29, 1.82) is 0 Å². The summed E-state index contributed by atoms with van der Waals surface area (Å²) in [5.41, 5.74) is 4.62. The van der Waals surface area contributed by atoms with Crippen LogP contribution >= 0.6 is 0 Å². The fraction of sp³-hybridized carbons (Fsp3) is 0.647. The Morgan fingerprint density at radius 3 is 2.13 bits per heavy atom. The molecule has 4 bridgehead atoms. The van der Waals surface area contributed by atoms with E-state index in [-0.39, 0.29) is 28.9 Å². The summed E-state index contributed by atoms with van der Waals surface area (Å²) in [6, 6.07) is 1.96. The molecule has 2 N–H and O–H groups in total. The zero-order valence-electron chi connectivity index (χ0n) is 12.5. The van der Waals surface area contributed by atoms with Gasteiger partial charge < -0.3 is 5.73 Å². The van der Waals surface area contributed by atoms with Crippen molar-refractivity contribution in [2.75, 3.05) is 0 Å². The lowest BCUT2D eigenvalue weighted by atomic mass is 9.48. The van der Waals surface area contributed by atoms with Gasteiger partial charge in [0.1, 0.15) is 0 Å². The first-order chi connectivity index (χ1) is 10.7. The SMILES string of the molecule is NC12CC3CC(C1)C(c1ccc(F)c(F)c1C(F)(F)F)C(C3)C2. The van der Waals surface area contributed by atoms with Crippen molar-refractivity contribution in [2.24, 2.45) is 23.5 Å². The third-order valence-electron chi connectivity index (χ3n) is 6.09. The smallest absolute Gasteiger partial charge is 0.325 e. The van der Waals surface area contributed by atoms with Crippen LogP contribution in [0.4, 0.5) is 22.0 Å². The fourth-order valence-corrected chi connectivity index (χ4v) is 5.73. The summed E-state index contributed by atoms with van der Waals surface area (Å²) in [5, 5.41) is 0. The maximum absolute atomic E-state index is 13.9. The summed E-state index contributed by atoms with van der Waals surface area (Å²) in [6.45, 7) is 0. The molecule has 2 atom stereocenters. The van der Waals surface area contributed by atoms with E-state index in [1.165, 1.54) is 0 Å². The molecule has 4 saturated carbocycles. The topological polar surface area (TPSA) is 26.0 Å². The predicted molar refractivity (Wildman–Crippen MR) is 74.6 cm³/mol. The van der Waals surface area contributed by atoms with Gasteiger partial charge in [0.25, 0.3) is 0 Å². The zero-order valence-corrected chi connectivity index (χ0v) is 12.5. The van der Waals surface area contributed by atoms with Gasteiger partial charge in [0.15, 0.2) is 11.6 Å². The standard InChI is InChI=1S/C17H18F5N/c18-12-2-1-11(14(15(12)19)17(20,21)22)13-9-3-8-4-10(13)7-16(23,5-8)6-9/h1-2,8-10,13H,3-7,23H2. The Kier molecular flexibility index (Phi) is 3.13. The van der Waals surface area contributed by atoms with Gasteiger partial charge >= 0.3 is 6.18 Å². The van der Waals surface area contributed by atoms with Crippen molar-refractivity contribution in [3.8, 4) is 0 Å². The molecule has 6 heteroatoms. The lowest BCUT2D eigenvalue weighted by Crippen LogP contribution is -2.58. The molecule has 4 aliphatic rings. The Balaban J connectivity index is 1.82. The minimum Gasteiger partial charge on any atom is -0.325 e. The van der Waals surface area contributed by atoms with E-state index in [1.807, 2.05) is 0 Å². The number of rotatable bonds is 1. The van der Waals surface area contributed by atoms with Gasteiger partial charge in [-0.3, -0.25) is 0 Å². The summed E-state index contributed by atoms with van der Waals surface area (Å²) >= 11 is 0. The van der Waals surface area contributed by atoms with Crippen LogP contribution in [0.2, 0.25) is 0 Å². The van der Waals surface area contributed by atoms with Crippen LogP contribution in [0, 0.1) is 29.4 Å². The second kappa shape index (κ2) is 4.68. The average Bonchev–Trinajstić information content (AvgIpc) is 2.38. The van der Waals surface area contributed by atoms with E-state index < -0.39 is 23.4 Å². The Morgan fingerprint density at radius 1 is 1.00 bits per heavy atom. The largest absolute Gasteiger partial charge is 0.419 e. The molecule has 4 aliphatic carbocycles. The maximum Gasteiger partial charge on any atom is 0.419 e. The highest BCUT2D eigenvalue weighted by Gasteiger charge is 2.55. The van der Waals surface area contributed by atoms with Crippen molar-refractivity contribution in [3.05, 3.63) is 34.9 Å². The molecule has 1 nitrogen and oxygen atoms in total. The van der Waals surface area contributed by atoms with E-state index in [4.69, 9.17) is 5.73 Å². The first-order valence-corrected chi connectivity index (χ1v) is 8.02. The van der Waals surface area contributed by atoms with E-state index in [0.29, 0.717) is 18.8 Å². The number of hydrogen-bond acceptors (Lipinski definition) is 1. The lowest BCUT2D eigenvalue weighted by molar-refractivity contribution is -0.142. The third kappa shape index (κ3) is 2.29. The van der Waals surface area contributed by atoms with Gasteiger partial charge in [-0.05, 0) is 67.4 Å². The summed E-state index contributed by atoms with van der Waals surface area (Å²) in [7, 11) is 0. The van der Waals surface area contributed by atoms with Crippen LogP contribution in [-0.2, 0) is 6.18 Å². The predicted octanol–water partition coefficient (Wildman–Crippen LogP) is 4.60. The van der Waals surface area contributed by atoms with Crippen LogP contribution in [-0.4, -0.2) is 5.54 Å². The van der Waals surface area contributed by atoms with Gasteiger partial charge in [-0.1, -0.05) is 6.07 Å². The molecule has 0 aromatic heterocycles. The molecule has 0 saturated heterocycles. The summed E-state index contributed by atoms with van der Waals surface area (Å²) in [4.78, 5) is 0.